The van der Waals surface area contributed by atoms with E-state index in [0.29, 0.717) is 12.3 Å². The first-order valence-electron chi connectivity index (χ1n) is 10.3. The lowest BCUT2D eigenvalue weighted by Gasteiger charge is -2.46. The summed E-state index contributed by atoms with van der Waals surface area (Å²) in [4.78, 5) is 14.9. The van der Waals surface area contributed by atoms with E-state index in [1.807, 2.05) is 42.6 Å². The van der Waals surface area contributed by atoms with Gasteiger partial charge in [-0.3, -0.25) is 5.32 Å². The molecule has 4 aromatic rings. The molecule has 0 bridgehead atoms. The summed E-state index contributed by atoms with van der Waals surface area (Å²) in [7, 11) is 1.63. The predicted octanol–water partition coefficient (Wildman–Crippen LogP) is 3.97. The van der Waals surface area contributed by atoms with E-state index in [-0.39, 0.29) is 0 Å². The SMILES string of the molecule is COc1cnc2[nH]cc(-c3ccc4c(n3)N(Cc3ccccc3)C(C)(C)NC4O)c2c1. The van der Waals surface area contributed by atoms with Gasteiger partial charge in [0, 0.05) is 29.3 Å². The summed E-state index contributed by atoms with van der Waals surface area (Å²) in [6, 6.07) is 16.1. The van der Waals surface area contributed by atoms with Crippen molar-refractivity contribution in [3.63, 3.8) is 0 Å². The molecule has 7 nitrogen and oxygen atoms in total. The van der Waals surface area contributed by atoms with Gasteiger partial charge in [0.2, 0.25) is 0 Å². The number of hydrogen-bond donors (Lipinski definition) is 3. The molecule has 3 N–H and O–H groups in total. The first-order valence-corrected chi connectivity index (χ1v) is 10.3. The van der Waals surface area contributed by atoms with Crippen LogP contribution < -0.4 is 15.0 Å². The maximum absolute atomic E-state index is 10.7. The van der Waals surface area contributed by atoms with Crippen LogP contribution in [-0.2, 0) is 6.54 Å². The number of H-pyrrole nitrogens is 1. The normalized spacial score (nSPS) is 17.5. The standard InChI is InChI=1S/C24H25N5O2/c1-24(2)28-23(30)17-9-10-20(19-13-26-21-18(19)11-16(31-3)12-25-21)27-22(17)29(24)14-15-7-5-4-6-8-15/h4-13,23,28,30H,14H2,1-3H3,(H,25,26). The van der Waals surface area contributed by atoms with Gasteiger partial charge in [-0.05, 0) is 37.6 Å². The number of benzene rings is 1. The zero-order chi connectivity index (χ0) is 21.6. The molecule has 1 atom stereocenters. The number of fused-ring (bicyclic) bond motifs is 2. The molecular weight excluding hydrogens is 390 g/mol. The van der Waals surface area contributed by atoms with Gasteiger partial charge in [-0.25, -0.2) is 9.97 Å². The van der Waals surface area contributed by atoms with Crippen LogP contribution in [0.3, 0.4) is 0 Å². The lowest BCUT2D eigenvalue weighted by molar-refractivity contribution is 0.0880. The zero-order valence-electron chi connectivity index (χ0n) is 17.8. The molecule has 3 aromatic heterocycles. The number of aliphatic hydroxyl groups is 1. The number of methoxy groups -OCH3 is 1. The Labute approximate surface area is 180 Å². The summed E-state index contributed by atoms with van der Waals surface area (Å²) in [5.74, 6) is 1.46. The molecular formula is C24H25N5O2. The van der Waals surface area contributed by atoms with Gasteiger partial charge in [-0.2, -0.15) is 0 Å². The van der Waals surface area contributed by atoms with Crippen molar-refractivity contribution in [2.75, 3.05) is 12.0 Å². The highest BCUT2D eigenvalue weighted by molar-refractivity contribution is 5.93. The van der Waals surface area contributed by atoms with Crippen LogP contribution in [0.15, 0.2) is 60.9 Å². The number of ether oxygens (including phenoxy) is 1. The Kier molecular flexibility index (Phi) is 4.64. The molecule has 0 spiro atoms. The molecule has 158 valence electrons. The number of hydrogen-bond acceptors (Lipinski definition) is 6. The Hall–Kier alpha value is -3.42. The van der Waals surface area contributed by atoms with E-state index in [0.717, 1.165) is 33.7 Å². The third-order valence-electron chi connectivity index (χ3n) is 5.82. The zero-order valence-corrected chi connectivity index (χ0v) is 17.8. The van der Waals surface area contributed by atoms with Gasteiger partial charge < -0.3 is 19.7 Å². The van der Waals surface area contributed by atoms with Crippen LogP contribution in [0, 0.1) is 0 Å². The van der Waals surface area contributed by atoms with Crippen LogP contribution in [-0.4, -0.2) is 32.8 Å². The van der Waals surface area contributed by atoms with E-state index >= 15 is 0 Å². The van der Waals surface area contributed by atoms with Crippen molar-refractivity contribution in [3.05, 3.63) is 72.1 Å². The highest BCUT2D eigenvalue weighted by Gasteiger charge is 2.38. The van der Waals surface area contributed by atoms with Crippen molar-refractivity contribution < 1.29 is 9.84 Å². The second-order valence-corrected chi connectivity index (χ2v) is 8.26. The fourth-order valence-corrected chi connectivity index (χ4v) is 4.14. The van der Waals surface area contributed by atoms with Crippen LogP contribution in [0.2, 0.25) is 0 Å². The van der Waals surface area contributed by atoms with Gasteiger partial charge in [0.1, 0.15) is 23.4 Å². The van der Waals surface area contributed by atoms with Gasteiger partial charge in [0.15, 0.2) is 0 Å². The molecule has 0 saturated carbocycles. The molecule has 7 heteroatoms. The summed E-state index contributed by atoms with van der Waals surface area (Å²) in [6.45, 7) is 4.77. The Morgan fingerprint density at radius 3 is 2.74 bits per heavy atom. The Morgan fingerprint density at radius 2 is 1.97 bits per heavy atom. The first-order chi connectivity index (χ1) is 15.0. The molecule has 1 unspecified atom stereocenters. The minimum Gasteiger partial charge on any atom is -0.495 e. The van der Waals surface area contributed by atoms with Crippen molar-refractivity contribution in [1.82, 2.24) is 20.3 Å². The van der Waals surface area contributed by atoms with E-state index in [1.165, 1.54) is 5.56 Å². The third kappa shape index (κ3) is 3.41. The number of aliphatic hydroxyl groups excluding tert-OH is 1. The van der Waals surface area contributed by atoms with Gasteiger partial charge in [-0.15, -0.1) is 0 Å². The Balaban J connectivity index is 1.63. The van der Waals surface area contributed by atoms with Gasteiger partial charge >= 0.3 is 0 Å². The van der Waals surface area contributed by atoms with E-state index in [2.05, 4.69) is 46.2 Å². The van der Waals surface area contributed by atoms with E-state index in [9.17, 15) is 5.11 Å². The molecule has 31 heavy (non-hydrogen) atoms. The summed E-state index contributed by atoms with van der Waals surface area (Å²) in [5, 5.41) is 15.0. The predicted molar refractivity (Wildman–Crippen MR) is 121 cm³/mol. The second kappa shape index (κ2) is 7.37. The van der Waals surface area contributed by atoms with E-state index in [4.69, 9.17) is 9.72 Å². The van der Waals surface area contributed by atoms with Crippen LogP contribution in [0.4, 0.5) is 5.82 Å². The Bertz CT molecular complexity index is 1240. The number of aromatic nitrogens is 3. The molecule has 1 aliphatic heterocycles. The smallest absolute Gasteiger partial charge is 0.138 e. The molecule has 4 heterocycles. The monoisotopic (exact) mass is 415 g/mol. The molecule has 1 aliphatic rings. The summed E-state index contributed by atoms with van der Waals surface area (Å²) in [5.41, 5.74) is 3.97. The molecule has 5 rings (SSSR count). The fourth-order valence-electron chi connectivity index (χ4n) is 4.14. The first kappa shape index (κ1) is 19.5. The number of rotatable bonds is 4. The topological polar surface area (TPSA) is 86.3 Å². The molecule has 1 aromatic carbocycles. The van der Waals surface area contributed by atoms with Crippen molar-refractivity contribution in [3.8, 4) is 17.0 Å². The lowest BCUT2D eigenvalue weighted by Crippen LogP contribution is -2.59. The number of nitrogens with one attached hydrogen (secondary N) is 2. The summed E-state index contributed by atoms with van der Waals surface area (Å²) in [6.07, 6.45) is 2.81. The van der Waals surface area contributed by atoms with Crippen molar-refractivity contribution in [1.29, 1.82) is 0 Å². The van der Waals surface area contributed by atoms with Crippen LogP contribution in [0.25, 0.3) is 22.3 Å². The van der Waals surface area contributed by atoms with Crippen molar-refractivity contribution >= 4 is 16.9 Å². The van der Waals surface area contributed by atoms with Crippen LogP contribution in [0.5, 0.6) is 5.75 Å². The number of pyridine rings is 2. The number of aromatic amines is 1. The van der Waals surface area contributed by atoms with E-state index in [1.54, 1.807) is 13.3 Å². The highest BCUT2D eigenvalue weighted by atomic mass is 16.5. The Morgan fingerprint density at radius 1 is 1.16 bits per heavy atom. The largest absolute Gasteiger partial charge is 0.495 e. The fraction of sp³-hybridized carbons (Fsp3) is 0.250. The summed E-state index contributed by atoms with van der Waals surface area (Å²) >= 11 is 0. The molecule has 0 radical (unpaired) electrons. The van der Waals surface area contributed by atoms with Gasteiger partial charge in [0.05, 0.1) is 24.7 Å². The molecule has 0 amide bonds. The molecule has 0 fully saturated rings. The molecule has 0 saturated heterocycles. The van der Waals surface area contributed by atoms with Crippen LogP contribution >= 0.6 is 0 Å². The average Bonchev–Trinajstić information content (AvgIpc) is 3.20. The summed E-state index contributed by atoms with van der Waals surface area (Å²) < 4.78 is 5.35. The quantitative estimate of drug-likeness (QED) is 0.468. The maximum Gasteiger partial charge on any atom is 0.138 e. The minimum absolute atomic E-state index is 0.487. The van der Waals surface area contributed by atoms with E-state index < -0.39 is 11.9 Å². The van der Waals surface area contributed by atoms with Gasteiger partial charge in [0.25, 0.3) is 0 Å². The lowest BCUT2D eigenvalue weighted by atomic mass is 10.0. The van der Waals surface area contributed by atoms with Crippen molar-refractivity contribution in [2.45, 2.75) is 32.3 Å². The number of anilines is 1. The minimum atomic E-state index is -0.789. The number of nitrogens with zero attached hydrogens (tertiary/aromatic N) is 3. The van der Waals surface area contributed by atoms with Crippen LogP contribution in [0.1, 0.15) is 31.2 Å². The highest BCUT2D eigenvalue weighted by Crippen LogP contribution is 2.38. The van der Waals surface area contributed by atoms with Gasteiger partial charge in [-0.1, -0.05) is 30.3 Å². The second-order valence-electron chi connectivity index (χ2n) is 8.26. The average molecular weight is 415 g/mol. The maximum atomic E-state index is 10.7. The third-order valence-corrected chi connectivity index (χ3v) is 5.82. The van der Waals surface area contributed by atoms with Crippen molar-refractivity contribution in [2.24, 2.45) is 0 Å². The molecule has 0 aliphatic carbocycles.